The lowest BCUT2D eigenvalue weighted by molar-refractivity contribution is 0.0184. The van der Waals surface area contributed by atoms with Crippen molar-refractivity contribution < 1.29 is 14.3 Å². The van der Waals surface area contributed by atoms with Crippen LogP contribution in [0.15, 0.2) is 59.9 Å². The molecular weight excluding hydrogens is 596 g/mol. The number of nitrogens with one attached hydrogen (secondary N) is 2. The van der Waals surface area contributed by atoms with Crippen molar-refractivity contribution in [1.29, 1.82) is 0 Å². The summed E-state index contributed by atoms with van der Waals surface area (Å²) in [4.78, 5) is 53.6. The van der Waals surface area contributed by atoms with Gasteiger partial charge in [-0.2, -0.15) is 5.10 Å². The molecule has 0 atom stereocenters. The molecule has 2 aliphatic rings. The van der Waals surface area contributed by atoms with E-state index in [1.54, 1.807) is 23.4 Å². The number of pyridine rings is 3. The van der Waals surface area contributed by atoms with Crippen LogP contribution in [-0.2, 0) is 17.7 Å². The molecule has 12 heteroatoms. The Labute approximate surface area is 273 Å². The fourth-order valence-corrected chi connectivity index (χ4v) is 6.05. The molecule has 2 amide bonds. The Balaban J connectivity index is 0.996. The van der Waals surface area contributed by atoms with Gasteiger partial charge in [0, 0.05) is 56.9 Å². The predicted octanol–water partition coefficient (Wildman–Crippen LogP) is 5.19. The number of anilines is 1. The van der Waals surface area contributed by atoms with E-state index < -0.39 is 5.60 Å². The third-order valence-electron chi connectivity index (χ3n) is 8.62. The van der Waals surface area contributed by atoms with Crippen LogP contribution in [0.5, 0.6) is 0 Å². The number of nitrogens with zero attached hydrogens (tertiary/aromatic N) is 6. The summed E-state index contributed by atoms with van der Waals surface area (Å²) >= 11 is 0. The Morgan fingerprint density at radius 1 is 1.06 bits per heavy atom. The van der Waals surface area contributed by atoms with Crippen molar-refractivity contribution in [2.75, 3.05) is 31.5 Å². The highest BCUT2D eigenvalue weighted by atomic mass is 16.6. The number of amides is 2. The molecule has 2 aliphatic heterocycles. The second kappa shape index (κ2) is 13.5. The Morgan fingerprint density at radius 2 is 1.87 bits per heavy atom. The molecule has 2 N–H and O–H groups in total. The van der Waals surface area contributed by atoms with Gasteiger partial charge in [-0.15, -0.1) is 0 Å². The normalized spacial score (nSPS) is 16.3. The van der Waals surface area contributed by atoms with Crippen LogP contribution in [0.3, 0.4) is 0 Å². The fraction of sp³-hybridized carbons (Fsp3) is 0.429. The highest BCUT2D eigenvalue weighted by Crippen LogP contribution is 2.26. The zero-order chi connectivity index (χ0) is 33.1. The van der Waals surface area contributed by atoms with E-state index in [1.165, 1.54) is 5.57 Å². The molecule has 0 spiro atoms. The lowest BCUT2D eigenvalue weighted by Crippen LogP contribution is -2.42. The summed E-state index contributed by atoms with van der Waals surface area (Å²) < 4.78 is 7.35. The van der Waals surface area contributed by atoms with E-state index >= 15 is 0 Å². The van der Waals surface area contributed by atoms with Gasteiger partial charge in [-0.3, -0.25) is 29.1 Å². The molecule has 0 saturated carbocycles. The van der Waals surface area contributed by atoms with E-state index in [4.69, 9.17) is 4.74 Å². The minimum absolute atomic E-state index is 0.0526. The van der Waals surface area contributed by atoms with Crippen molar-refractivity contribution in [2.24, 2.45) is 0 Å². The van der Waals surface area contributed by atoms with Gasteiger partial charge in [0.2, 0.25) is 0 Å². The first-order valence-corrected chi connectivity index (χ1v) is 16.3. The molecule has 0 aromatic carbocycles. The van der Waals surface area contributed by atoms with E-state index in [9.17, 15) is 14.4 Å². The number of aromatic amines is 1. The van der Waals surface area contributed by atoms with Crippen LogP contribution in [-0.4, -0.2) is 78.3 Å². The van der Waals surface area contributed by atoms with E-state index in [0.717, 1.165) is 66.6 Å². The van der Waals surface area contributed by atoms with Gasteiger partial charge < -0.3 is 19.9 Å². The first-order valence-electron chi connectivity index (χ1n) is 16.3. The zero-order valence-electron chi connectivity index (χ0n) is 27.5. The van der Waals surface area contributed by atoms with Crippen LogP contribution in [0.2, 0.25) is 0 Å². The van der Waals surface area contributed by atoms with Gasteiger partial charge in [0.15, 0.2) is 0 Å². The van der Waals surface area contributed by atoms with Crippen LogP contribution in [0.1, 0.15) is 80.2 Å². The van der Waals surface area contributed by atoms with Gasteiger partial charge in [0.05, 0.1) is 29.0 Å². The number of hydrogen-bond donors (Lipinski definition) is 2. The minimum Gasteiger partial charge on any atom is -0.444 e. The number of aromatic nitrogens is 5. The second-order valence-corrected chi connectivity index (χ2v) is 13.3. The highest BCUT2D eigenvalue weighted by molar-refractivity contribution is 6.02. The molecular formula is C35H42N8O4. The Bertz CT molecular complexity index is 1850. The zero-order valence-corrected chi connectivity index (χ0v) is 27.5. The van der Waals surface area contributed by atoms with Crippen LogP contribution in [0.4, 0.5) is 10.5 Å². The highest BCUT2D eigenvalue weighted by Gasteiger charge is 2.28. The number of fused-ring (bicyclic) bond motifs is 1. The molecule has 0 unspecified atom stereocenters. The molecule has 246 valence electrons. The number of piperidine rings is 1. The molecule has 0 bridgehead atoms. The Hall–Kier alpha value is -4.84. The SMILES string of the molecule is CCc1cc2ncc(CN3CC=C(c4ccc(C(=O)Nc5cnn(C6CCN(C(=O)OC(C)(C)C)CC6)c5)nc4)CC3)cc2[nH]c1=O. The molecule has 6 heterocycles. The topological polar surface area (TPSA) is 138 Å². The molecule has 0 radical (unpaired) electrons. The Kier molecular flexibility index (Phi) is 9.21. The third kappa shape index (κ3) is 7.76. The maximum Gasteiger partial charge on any atom is 0.410 e. The van der Waals surface area contributed by atoms with Gasteiger partial charge >= 0.3 is 6.09 Å². The van der Waals surface area contributed by atoms with Gasteiger partial charge in [-0.05, 0) is 81.4 Å². The number of carbonyl (C=O) groups excluding carboxylic acids is 2. The summed E-state index contributed by atoms with van der Waals surface area (Å²) in [5.41, 5.74) is 5.94. The lowest BCUT2D eigenvalue weighted by atomic mass is 10.0. The maximum absolute atomic E-state index is 13.0. The standard InChI is InChI=1S/C35H42N8O4/c1-5-24-17-30-31(40-32(24)44)16-23(18-36-30)21-41-12-8-25(9-13-41)26-6-7-29(37-19-26)33(45)39-27-20-38-43(22-27)28-10-14-42(15-11-28)34(46)47-35(2,3)4/h6-8,16-20,22,28H,5,9-15,21H2,1-4H3,(H,39,45)(H,40,44). The molecule has 1 saturated heterocycles. The van der Waals surface area contributed by atoms with E-state index in [1.807, 2.05) is 63.0 Å². The number of likely N-dealkylation sites (tertiary alicyclic amines) is 1. The molecule has 12 nitrogen and oxygen atoms in total. The average molecular weight is 639 g/mol. The van der Waals surface area contributed by atoms with Crippen molar-refractivity contribution >= 4 is 34.3 Å². The van der Waals surface area contributed by atoms with Crippen LogP contribution >= 0.6 is 0 Å². The molecule has 47 heavy (non-hydrogen) atoms. The van der Waals surface area contributed by atoms with Crippen molar-refractivity contribution in [3.8, 4) is 0 Å². The molecule has 1 fully saturated rings. The summed E-state index contributed by atoms with van der Waals surface area (Å²) in [5.74, 6) is -0.295. The van der Waals surface area contributed by atoms with Crippen LogP contribution < -0.4 is 10.9 Å². The van der Waals surface area contributed by atoms with Gasteiger partial charge in [0.25, 0.3) is 11.5 Å². The minimum atomic E-state index is -0.518. The largest absolute Gasteiger partial charge is 0.444 e. The van der Waals surface area contributed by atoms with E-state index in [-0.39, 0.29) is 23.6 Å². The summed E-state index contributed by atoms with van der Waals surface area (Å²) in [7, 11) is 0. The van der Waals surface area contributed by atoms with Gasteiger partial charge in [-0.1, -0.05) is 19.1 Å². The predicted molar refractivity (Wildman–Crippen MR) is 180 cm³/mol. The monoisotopic (exact) mass is 638 g/mol. The third-order valence-corrected chi connectivity index (χ3v) is 8.62. The summed E-state index contributed by atoms with van der Waals surface area (Å²) in [6.07, 6.45) is 12.1. The summed E-state index contributed by atoms with van der Waals surface area (Å²) in [6.45, 7) is 11.1. The number of aryl methyl sites for hydroxylation is 1. The smallest absolute Gasteiger partial charge is 0.410 e. The second-order valence-electron chi connectivity index (χ2n) is 13.3. The maximum atomic E-state index is 13.0. The van der Waals surface area contributed by atoms with Crippen molar-refractivity contribution in [1.82, 2.24) is 34.5 Å². The first kappa shape index (κ1) is 32.1. The van der Waals surface area contributed by atoms with Crippen LogP contribution in [0.25, 0.3) is 16.6 Å². The molecule has 0 aliphatic carbocycles. The number of H-pyrrole nitrogens is 1. The Morgan fingerprint density at radius 3 is 2.55 bits per heavy atom. The average Bonchev–Trinajstić information content (AvgIpc) is 3.52. The lowest BCUT2D eigenvalue weighted by Gasteiger charge is -2.33. The number of hydrogen-bond acceptors (Lipinski definition) is 8. The molecule has 4 aromatic rings. The van der Waals surface area contributed by atoms with E-state index in [0.29, 0.717) is 30.9 Å². The van der Waals surface area contributed by atoms with Gasteiger partial charge in [0.1, 0.15) is 11.3 Å². The van der Waals surface area contributed by atoms with Gasteiger partial charge in [-0.25, -0.2) is 4.79 Å². The van der Waals surface area contributed by atoms with Crippen molar-refractivity contribution in [3.05, 3.63) is 87.9 Å². The fourth-order valence-electron chi connectivity index (χ4n) is 6.05. The number of ether oxygens (including phenoxy) is 1. The number of carbonyl (C=O) groups is 2. The quantitative estimate of drug-likeness (QED) is 0.282. The first-order chi connectivity index (χ1) is 22.5. The molecule has 6 rings (SSSR count). The van der Waals surface area contributed by atoms with Crippen molar-refractivity contribution in [3.63, 3.8) is 0 Å². The summed E-state index contributed by atoms with van der Waals surface area (Å²) in [6, 6.07) is 7.71. The van der Waals surface area contributed by atoms with Crippen LogP contribution in [0, 0.1) is 0 Å². The molecule has 4 aromatic heterocycles. The van der Waals surface area contributed by atoms with Crippen molar-refractivity contribution in [2.45, 2.75) is 71.6 Å². The van der Waals surface area contributed by atoms with E-state index in [2.05, 4.69) is 36.3 Å². The number of rotatable bonds is 7. The summed E-state index contributed by atoms with van der Waals surface area (Å²) in [5, 5.41) is 7.37.